The lowest BCUT2D eigenvalue weighted by Gasteiger charge is -2.42. The first kappa shape index (κ1) is 10.7. The van der Waals surface area contributed by atoms with Crippen LogP contribution in [0, 0.1) is 0 Å². The Balaban J connectivity index is 2.07. The summed E-state index contributed by atoms with van der Waals surface area (Å²) >= 11 is 0. The molecule has 0 aromatic carbocycles. The lowest BCUT2D eigenvalue weighted by molar-refractivity contribution is -0.291. The highest BCUT2D eigenvalue weighted by Gasteiger charge is 2.43. The number of azide groups is 1. The third-order valence-corrected chi connectivity index (χ3v) is 2.62. The van der Waals surface area contributed by atoms with E-state index in [0.29, 0.717) is 6.61 Å². The fraction of sp³-hybridized carbons (Fsp3) is 1.00. The van der Waals surface area contributed by atoms with Gasteiger partial charge in [0.25, 0.3) is 0 Å². The molecule has 0 radical (unpaired) electrons. The SMILES string of the molecule is CC1OCC2OCC(N=[N+]=[N-])[C@@H](O)[C@@H]2O1. The minimum Gasteiger partial charge on any atom is -0.390 e. The van der Waals surface area contributed by atoms with Crippen molar-refractivity contribution in [3.63, 3.8) is 0 Å². The maximum Gasteiger partial charge on any atom is 0.155 e. The third kappa shape index (κ3) is 2.06. The van der Waals surface area contributed by atoms with Gasteiger partial charge in [-0.05, 0) is 12.5 Å². The summed E-state index contributed by atoms with van der Waals surface area (Å²) in [7, 11) is 0. The molecule has 0 aliphatic carbocycles. The summed E-state index contributed by atoms with van der Waals surface area (Å²) < 4.78 is 16.0. The molecule has 3 unspecified atom stereocenters. The van der Waals surface area contributed by atoms with Crippen molar-refractivity contribution >= 4 is 0 Å². The second-order valence-electron chi connectivity index (χ2n) is 3.64. The van der Waals surface area contributed by atoms with Gasteiger partial charge in [-0.25, -0.2) is 0 Å². The topological polar surface area (TPSA) is 96.7 Å². The van der Waals surface area contributed by atoms with Crippen LogP contribution in [0.1, 0.15) is 6.92 Å². The van der Waals surface area contributed by atoms with Crippen LogP contribution in [0.2, 0.25) is 0 Å². The molecule has 7 heteroatoms. The van der Waals surface area contributed by atoms with Crippen LogP contribution < -0.4 is 0 Å². The standard InChI is InChI=1S/C8H13N3O4/c1-4-13-3-6-8(15-4)7(12)5(2-14-6)10-11-9/h4-8,12H,2-3H2,1H3/t4?,5?,6?,7-,8-/m1/s1. The second kappa shape index (κ2) is 4.34. The fourth-order valence-corrected chi connectivity index (χ4v) is 1.82. The average molecular weight is 215 g/mol. The van der Waals surface area contributed by atoms with Gasteiger partial charge in [0.1, 0.15) is 12.2 Å². The number of hydrogen-bond donors (Lipinski definition) is 1. The molecule has 1 N–H and O–H groups in total. The summed E-state index contributed by atoms with van der Waals surface area (Å²) in [5, 5.41) is 13.4. The van der Waals surface area contributed by atoms with Gasteiger partial charge in [-0.1, -0.05) is 5.11 Å². The number of fused-ring (bicyclic) bond motifs is 1. The highest BCUT2D eigenvalue weighted by Crippen LogP contribution is 2.26. The molecule has 0 saturated carbocycles. The first-order chi connectivity index (χ1) is 7.22. The van der Waals surface area contributed by atoms with Crippen molar-refractivity contribution in [1.29, 1.82) is 0 Å². The van der Waals surface area contributed by atoms with Gasteiger partial charge in [0, 0.05) is 4.91 Å². The zero-order valence-electron chi connectivity index (χ0n) is 8.31. The number of aliphatic hydroxyl groups is 1. The Morgan fingerprint density at radius 3 is 2.93 bits per heavy atom. The van der Waals surface area contributed by atoms with Gasteiger partial charge < -0.3 is 19.3 Å². The zero-order chi connectivity index (χ0) is 10.8. The van der Waals surface area contributed by atoms with Crippen LogP contribution in [0.15, 0.2) is 5.11 Å². The van der Waals surface area contributed by atoms with E-state index < -0.39 is 18.2 Å². The van der Waals surface area contributed by atoms with Crippen molar-refractivity contribution in [2.24, 2.45) is 5.11 Å². The molecule has 5 atom stereocenters. The van der Waals surface area contributed by atoms with E-state index in [1.54, 1.807) is 6.92 Å². The third-order valence-electron chi connectivity index (χ3n) is 2.62. The summed E-state index contributed by atoms with van der Waals surface area (Å²) in [5.41, 5.74) is 8.31. The smallest absolute Gasteiger partial charge is 0.155 e. The summed E-state index contributed by atoms with van der Waals surface area (Å²) in [4.78, 5) is 2.66. The van der Waals surface area contributed by atoms with E-state index in [1.165, 1.54) is 0 Å². The van der Waals surface area contributed by atoms with Gasteiger partial charge in [0.05, 0.1) is 25.4 Å². The van der Waals surface area contributed by atoms with Crippen LogP contribution in [0.4, 0.5) is 0 Å². The van der Waals surface area contributed by atoms with E-state index >= 15 is 0 Å². The Morgan fingerprint density at radius 1 is 1.40 bits per heavy atom. The van der Waals surface area contributed by atoms with Gasteiger partial charge in [-0.2, -0.15) is 0 Å². The average Bonchev–Trinajstić information content (AvgIpc) is 2.23. The van der Waals surface area contributed by atoms with Gasteiger partial charge in [-0.15, -0.1) is 0 Å². The van der Waals surface area contributed by atoms with Crippen molar-refractivity contribution in [3.8, 4) is 0 Å². The molecule has 2 saturated heterocycles. The number of rotatable bonds is 1. The van der Waals surface area contributed by atoms with E-state index in [-0.39, 0.29) is 19.0 Å². The Labute approximate surface area is 86.6 Å². The minimum absolute atomic E-state index is 0.202. The molecule has 2 aliphatic heterocycles. The molecule has 0 spiro atoms. The lowest BCUT2D eigenvalue weighted by atomic mass is 9.98. The normalized spacial score (nSPS) is 45.3. The largest absolute Gasteiger partial charge is 0.390 e. The van der Waals surface area contributed by atoms with Gasteiger partial charge >= 0.3 is 0 Å². The molecule has 84 valence electrons. The predicted molar refractivity (Wildman–Crippen MR) is 49.0 cm³/mol. The molecule has 15 heavy (non-hydrogen) atoms. The van der Waals surface area contributed by atoms with Crippen LogP contribution in [-0.2, 0) is 14.2 Å². The van der Waals surface area contributed by atoms with Gasteiger partial charge in [0.15, 0.2) is 6.29 Å². The molecule has 0 aromatic rings. The van der Waals surface area contributed by atoms with Crippen LogP contribution in [0.5, 0.6) is 0 Å². The van der Waals surface area contributed by atoms with Crippen LogP contribution in [0.3, 0.4) is 0 Å². The summed E-state index contributed by atoms with van der Waals surface area (Å²) in [5.74, 6) is 0. The predicted octanol–water partition coefficient (Wildman–Crippen LogP) is 0.186. The van der Waals surface area contributed by atoms with Gasteiger partial charge in [0.2, 0.25) is 0 Å². The number of nitrogens with zero attached hydrogens (tertiary/aromatic N) is 3. The van der Waals surface area contributed by atoms with E-state index in [2.05, 4.69) is 10.0 Å². The Kier molecular flexibility index (Phi) is 3.08. The minimum atomic E-state index is -0.828. The molecule has 2 heterocycles. The zero-order valence-corrected chi connectivity index (χ0v) is 8.31. The van der Waals surface area contributed by atoms with Crippen molar-refractivity contribution in [3.05, 3.63) is 10.4 Å². The first-order valence-electron chi connectivity index (χ1n) is 4.83. The van der Waals surface area contributed by atoms with Crippen molar-refractivity contribution < 1.29 is 19.3 Å². The molecular formula is C8H13N3O4. The molecule has 2 aliphatic rings. The van der Waals surface area contributed by atoms with E-state index in [9.17, 15) is 5.11 Å². The number of hydrogen-bond acceptors (Lipinski definition) is 5. The highest BCUT2D eigenvalue weighted by molar-refractivity contribution is 4.93. The van der Waals surface area contributed by atoms with E-state index in [1.807, 2.05) is 0 Å². The number of aliphatic hydroxyl groups excluding tert-OH is 1. The van der Waals surface area contributed by atoms with Crippen molar-refractivity contribution in [2.45, 2.75) is 37.6 Å². The Bertz CT molecular complexity index is 281. The first-order valence-corrected chi connectivity index (χ1v) is 4.83. The van der Waals surface area contributed by atoms with E-state index in [0.717, 1.165) is 0 Å². The molecule has 0 bridgehead atoms. The molecule has 7 nitrogen and oxygen atoms in total. The maximum absolute atomic E-state index is 9.89. The Morgan fingerprint density at radius 2 is 2.20 bits per heavy atom. The maximum atomic E-state index is 9.89. The van der Waals surface area contributed by atoms with E-state index in [4.69, 9.17) is 19.7 Å². The van der Waals surface area contributed by atoms with Gasteiger partial charge in [-0.3, -0.25) is 0 Å². The molecule has 2 fully saturated rings. The monoisotopic (exact) mass is 215 g/mol. The van der Waals surface area contributed by atoms with Crippen LogP contribution in [-0.4, -0.2) is 49.0 Å². The van der Waals surface area contributed by atoms with Crippen LogP contribution >= 0.6 is 0 Å². The van der Waals surface area contributed by atoms with Crippen LogP contribution in [0.25, 0.3) is 10.4 Å². The highest BCUT2D eigenvalue weighted by atomic mass is 16.7. The molecule has 2 rings (SSSR count). The summed E-state index contributed by atoms with van der Waals surface area (Å²) in [6.45, 7) is 2.35. The molecule has 0 amide bonds. The molecule has 0 aromatic heterocycles. The Hall–Kier alpha value is -0.850. The second-order valence-corrected chi connectivity index (χ2v) is 3.64. The lowest BCUT2D eigenvalue weighted by Crippen LogP contribution is -2.58. The number of ether oxygens (including phenoxy) is 3. The summed E-state index contributed by atoms with van der Waals surface area (Å²) in [6, 6.07) is -0.582. The molecular weight excluding hydrogens is 202 g/mol. The quantitative estimate of drug-likeness (QED) is 0.383. The summed E-state index contributed by atoms with van der Waals surface area (Å²) in [6.07, 6.45) is -1.94. The van der Waals surface area contributed by atoms with Crippen molar-refractivity contribution in [2.75, 3.05) is 13.2 Å². The van der Waals surface area contributed by atoms with Crippen molar-refractivity contribution in [1.82, 2.24) is 0 Å². The fourth-order valence-electron chi connectivity index (χ4n) is 1.82.